The van der Waals surface area contributed by atoms with Crippen LogP contribution in [0.2, 0.25) is 0 Å². The number of hydrogen-bond acceptors (Lipinski definition) is 9. The van der Waals surface area contributed by atoms with Gasteiger partial charge in [0.05, 0.1) is 19.8 Å². The fourth-order valence-electron chi connectivity index (χ4n) is 4.53. The van der Waals surface area contributed by atoms with E-state index < -0.39 is 11.9 Å². The molecule has 41 heavy (non-hydrogen) atoms. The molecular formula is C30H41N3O8. The molecule has 2 aliphatic rings. The van der Waals surface area contributed by atoms with Crippen molar-refractivity contribution in [2.75, 3.05) is 65.8 Å². The Balaban J connectivity index is 1.04. The molecule has 0 aromatic heterocycles. The Morgan fingerprint density at radius 2 is 1.85 bits per heavy atom. The van der Waals surface area contributed by atoms with Gasteiger partial charge in [-0.05, 0) is 31.0 Å². The molecule has 2 heterocycles. The third kappa shape index (κ3) is 9.98. The summed E-state index contributed by atoms with van der Waals surface area (Å²) in [4.78, 5) is 26.0. The van der Waals surface area contributed by atoms with E-state index in [2.05, 4.69) is 10.6 Å². The molecule has 2 aromatic rings. The molecule has 2 amide bonds. The summed E-state index contributed by atoms with van der Waals surface area (Å²) < 4.78 is 28.2. The second-order valence-corrected chi connectivity index (χ2v) is 10.2. The van der Waals surface area contributed by atoms with E-state index in [-0.39, 0.29) is 37.7 Å². The van der Waals surface area contributed by atoms with E-state index in [1.165, 1.54) is 0 Å². The minimum Gasteiger partial charge on any atom is -0.491 e. The molecule has 11 heteroatoms. The summed E-state index contributed by atoms with van der Waals surface area (Å²) in [7, 11) is 0. The van der Waals surface area contributed by atoms with Gasteiger partial charge in [-0.1, -0.05) is 42.5 Å². The monoisotopic (exact) mass is 571 g/mol. The van der Waals surface area contributed by atoms with Gasteiger partial charge in [-0.25, -0.2) is 4.79 Å². The van der Waals surface area contributed by atoms with Crippen LogP contribution in [0.1, 0.15) is 24.5 Å². The molecule has 3 unspecified atom stereocenters. The van der Waals surface area contributed by atoms with E-state index in [0.717, 1.165) is 11.1 Å². The van der Waals surface area contributed by atoms with Crippen LogP contribution in [0, 0.1) is 0 Å². The number of aryl methyl sites for hydroxylation is 1. The van der Waals surface area contributed by atoms with Gasteiger partial charge in [0, 0.05) is 44.7 Å². The molecular weight excluding hydrogens is 530 g/mol. The number of hydrogen-bond donors (Lipinski definition) is 3. The average molecular weight is 572 g/mol. The van der Waals surface area contributed by atoms with E-state index in [4.69, 9.17) is 23.7 Å². The Kier molecular flexibility index (Phi) is 11.8. The summed E-state index contributed by atoms with van der Waals surface area (Å²) in [5.41, 5.74) is 1.90. The third-order valence-electron chi connectivity index (χ3n) is 6.90. The number of carbonyl (C=O) groups excluding carboxylic acids is 2. The first-order valence-corrected chi connectivity index (χ1v) is 14.2. The number of carbonyl (C=O) groups is 2. The van der Waals surface area contributed by atoms with E-state index >= 15 is 0 Å². The fourth-order valence-corrected chi connectivity index (χ4v) is 4.53. The van der Waals surface area contributed by atoms with E-state index in [9.17, 15) is 14.7 Å². The summed E-state index contributed by atoms with van der Waals surface area (Å²) in [6.07, 6.45) is -0.218. The number of aliphatic hydroxyl groups excluding tert-OH is 1. The van der Waals surface area contributed by atoms with Gasteiger partial charge in [0.1, 0.15) is 31.2 Å². The van der Waals surface area contributed by atoms with Crippen LogP contribution in [0.3, 0.4) is 0 Å². The minimum absolute atomic E-state index is 0.0974. The van der Waals surface area contributed by atoms with Crippen molar-refractivity contribution in [1.82, 2.24) is 15.5 Å². The van der Waals surface area contributed by atoms with Crippen LogP contribution in [-0.4, -0.2) is 100.0 Å². The maximum absolute atomic E-state index is 12.3. The Morgan fingerprint density at radius 1 is 1.10 bits per heavy atom. The SMILES string of the molecule is CC1(c2ccccc2)OCC(COC(=O)CCc2ccc(OCC(O)CNCCNC(=O)N3CCOCC3)cc2)O1. The molecule has 0 saturated carbocycles. The second-order valence-electron chi connectivity index (χ2n) is 10.2. The number of nitrogens with zero attached hydrogens (tertiary/aromatic N) is 1. The average Bonchev–Trinajstić information content (AvgIpc) is 3.41. The van der Waals surface area contributed by atoms with Gasteiger partial charge in [-0.3, -0.25) is 4.79 Å². The van der Waals surface area contributed by atoms with E-state index in [1.54, 1.807) is 4.90 Å². The number of esters is 1. The molecule has 2 aliphatic heterocycles. The number of benzene rings is 2. The normalized spacial score (nSPS) is 21.3. The minimum atomic E-state index is -0.836. The lowest BCUT2D eigenvalue weighted by Gasteiger charge is -2.27. The first-order valence-electron chi connectivity index (χ1n) is 14.2. The van der Waals surface area contributed by atoms with Crippen LogP contribution in [-0.2, 0) is 35.9 Å². The summed E-state index contributed by atoms with van der Waals surface area (Å²) >= 11 is 0. The van der Waals surface area contributed by atoms with E-state index in [0.29, 0.717) is 64.7 Å². The molecule has 0 bridgehead atoms. The van der Waals surface area contributed by atoms with Gasteiger partial charge in [0.2, 0.25) is 0 Å². The Bertz CT molecular complexity index is 1080. The predicted molar refractivity (Wildman–Crippen MR) is 151 cm³/mol. The van der Waals surface area contributed by atoms with Crippen molar-refractivity contribution in [2.24, 2.45) is 0 Å². The number of ether oxygens (including phenoxy) is 5. The summed E-state index contributed by atoms with van der Waals surface area (Å²) in [6.45, 7) is 6.20. The molecule has 11 nitrogen and oxygen atoms in total. The summed E-state index contributed by atoms with van der Waals surface area (Å²) in [6, 6.07) is 17.0. The Morgan fingerprint density at radius 3 is 2.61 bits per heavy atom. The Labute approximate surface area is 241 Å². The summed E-state index contributed by atoms with van der Waals surface area (Å²) in [5.74, 6) is -0.497. The van der Waals surface area contributed by atoms with Crippen molar-refractivity contribution in [3.05, 3.63) is 65.7 Å². The lowest BCUT2D eigenvalue weighted by Crippen LogP contribution is -2.47. The van der Waals surface area contributed by atoms with Crippen LogP contribution in [0.5, 0.6) is 5.75 Å². The smallest absolute Gasteiger partial charge is 0.317 e. The largest absolute Gasteiger partial charge is 0.491 e. The summed E-state index contributed by atoms with van der Waals surface area (Å²) in [5, 5.41) is 16.1. The van der Waals surface area contributed by atoms with Crippen LogP contribution in [0.15, 0.2) is 54.6 Å². The number of nitrogens with one attached hydrogen (secondary N) is 2. The zero-order valence-corrected chi connectivity index (χ0v) is 23.6. The molecule has 0 aliphatic carbocycles. The molecule has 4 rings (SSSR count). The number of rotatable bonds is 14. The van der Waals surface area contributed by atoms with Crippen molar-refractivity contribution in [2.45, 2.75) is 37.8 Å². The molecule has 0 radical (unpaired) electrons. The van der Waals surface area contributed by atoms with E-state index in [1.807, 2.05) is 61.5 Å². The highest BCUT2D eigenvalue weighted by Crippen LogP contribution is 2.33. The van der Waals surface area contributed by atoms with Gasteiger partial charge in [-0.2, -0.15) is 0 Å². The van der Waals surface area contributed by atoms with Crippen LogP contribution < -0.4 is 15.4 Å². The van der Waals surface area contributed by atoms with Gasteiger partial charge in [-0.15, -0.1) is 0 Å². The molecule has 2 aromatic carbocycles. The molecule has 0 spiro atoms. The number of urea groups is 1. The third-order valence-corrected chi connectivity index (χ3v) is 6.90. The molecule has 2 saturated heterocycles. The quantitative estimate of drug-likeness (QED) is 0.230. The molecule has 3 N–H and O–H groups in total. The molecule has 3 atom stereocenters. The highest BCUT2D eigenvalue weighted by Gasteiger charge is 2.39. The highest BCUT2D eigenvalue weighted by atomic mass is 16.8. The number of aliphatic hydroxyl groups is 1. The standard InChI is InChI=1S/C30H41N3O8/c1-30(24-5-3-2-4-6-24)40-22-27(41-30)21-39-28(35)12-9-23-7-10-26(11-8-23)38-20-25(34)19-31-13-14-32-29(36)33-15-17-37-18-16-33/h2-8,10-11,25,27,31,34H,9,12-22H2,1H3,(H,32,36). The number of morpholine rings is 1. The lowest BCUT2D eigenvalue weighted by molar-refractivity contribution is -0.172. The Hall–Kier alpha value is -3.22. The van der Waals surface area contributed by atoms with Crippen molar-refractivity contribution >= 4 is 12.0 Å². The number of amides is 2. The lowest BCUT2D eigenvalue weighted by atomic mass is 10.1. The maximum Gasteiger partial charge on any atom is 0.317 e. The second kappa shape index (κ2) is 15.7. The topological polar surface area (TPSA) is 128 Å². The van der Waals surface area contributed by atoms with Crippen LogP contribution in [0.25, 0.3) is 0 Å². The zero-order valence-electron chi connectivity index (χ0n) is 23.6. The van der Waals surface area contributed by atoms with Crippen molar-refractivity contribution in [1.29, 1.82) is 0 Å². The molecule has 224 valence electrons. The maximum atomic E-state index is 12.3. The first kappa shape index (κ1) is 30.7. The van der Waals surface area contributed by atoms with Gasteiger partial charge in [0.15, 0.2) is 5.79 Å². The molecule has 2 fully saturated rings. The van der Waals surface area contributed by atoms with Crippen molar-refractivity contribution < 1.29 is 38.4 Å². The highest BCUT2D eigenvalue weighted by molar-refractivity contribution is 5.74. The van der Waals surface area contributed by atoms with Gasteiger partial charge >= 0.3 is 12.0 Å². The fraction of sp³-hybridized carbons (Fsp3) is 0.533. The van der Waals surface area contributed by atoms with Crippen LogP contribution in [0.4, 0.5) is 4.79 Å². The van der Waals surface area contributed by atoms with Crippen molar-refractivity contribution in [3.63, 3.8) is 0 Å². The van der Waals surface area contributed by atoms with Gasteiger partial charge in [0.25, 0.3) is 0 Å². The zero-order chi connectivity index (χ0) is 28.9. The van der Waals surface area contributed by atoms with Crippen LogP contribution >= 0.6 is 0 Å². The van der Waals surface area contributed by atoms with Gasteiger partial charge < -0.3 is 44.3 Å². The van der Waals surface area contributed by atoms with Crippen molar-refractivity contribution in [3.8, 4) is 5.75 Å². The first-order chi connectivity index (χ1) is 19.9. The predicted octanol–water partition coefficient (Wildman–Crippen LogP) is 1.82.